The van der Waals surface area contributed by atoms with E-state index in [0.29, 0.717) is 17.6 Å². The Morgan fingerprint density at radius 3 is 2.68 bits per heavy atom. The molecule has 0 aliphatic heterocycles. The van der Waals surface area contributed by atoms with Crippen LogP contribution in [0.4, 0.5) is 0 Å². The summed E-state index contributed by atoms with van der Waals surface area (Å²) in [6.45, 7) is 3.65. The SMILES string of the molecule is CCC(=O)n1nnc2c1c(C)nn2-c1ccccc1. The first-order chi connectivity index (χ1) is 9.22. The molecule has 0 amide bonds. The van der Waals surface area contributed by atoms with Crippen LogP contribution in [0.5, 0.6) is 0 Å². The molecule has 0 saturated heterocycles. The first-order valence-electron chi connectivity index (χ1n) is 6.12. The molecule has 0 saturated carbocycles. The maximum atomic E-state index is 11.8. The smallest absolute Gasteiger partial charge is 0.248 e. The van der Waals surface area contributed by atoms with Gasteiger partial charge in [-0.05, 0) is 19.1 Å². The number of aryl methyl sites for hydroxylation is 1. The van der Waals surface area contributed by atoms with Crippen molar-refractivity contribution in [2.45, 2.75) is 20.3 Å². The summed E-state index contributed by atoms with van der Waals surface area (Å²) < 4.78 is 3.04. The third-order valence-electron chi connectivity index (χ3n) is 2.99. The fraction of sp³-hybridized carbons (Fsp3) is 0.231. The number of nitrogens with zero attached hydrogens (tertiary/aromatic N) is 5. The van der Waals surface area contributed by atoms with E-state index in [1.54, 1.807) is 11.6 Å². The average molecular weight is 255 g/mol. The second-order valence-electron chi connectivity index (χ2n) is 4.25. The molecule has 96 valence electrons. The first kappa shape index (κ1) is 11.6. The van der Waals surface area contributed by atoms with Crippen LogP contribution in [-0.2, 0) is 0 Å². The normalized spacial score (nSPS) is 11.1. The lowest BCUT2D eigenvalue weighted by atomic mass is 10.3. The van der Waals surface area contributed by atoms with E-state index in [-0.39, 0.29) is 5.91 Å². The van der Waals surface area contributed by atoms with Crippen LogP contribution in [0.25, 0.3) is 16.9 Å². The molecule has 0 fully saturated rings. The number of hydrogen-bond donors (Lipinski definition) is 0. The van der Waals surface area contributed by atoms with Crippen LogP contribution < -0.4 is 0 Å². The molecule has 0 unspecified atom stereocenters. The van der Waals surface area contributed by atoms with Crippen LogP contribution in [0.1, 0.15) is 23.8 Å². The van der Waals surface area contributed by atoms with Gasteiger partial charge in [-0.3, -0.25) is 4.79 Å². The molecule has 0 spiro atoms. The second kappa shape index (κ2) is 4.31. The van der Waals surface area contributed by atoms with Crippen LogP contribution in [0.15, 0.2) is 30.3 Å². The fourth-order valence-corrected chi connectivity index (χ4v) is 2.05. The summed E-state index contributed by atoms with van der Waals surface area (Å²) in [5.41, 5.74) is 2.92. The lowest BCUT2D eigenvalue weighted by molar-refractivity contribution is 0.0896. The lowest BCUT2D eigenvalue weighted by Crippen LogP contribution is -2.11. The maximum absolute atomic E-state index is 11.8. The van der Waals surface area contributed by atoms with Gasteiger partial charge < -0.3 is 0 Å². The number of aromatic nitrogens is 5. The van der Waals surface area contributed by atoms with Crippen molar-refractivity contribution in [1.29, 1.82) is 0 Å². The van der Waals surface area contributed by atoms with Crippen molar-refractivity contribution in [1.82, 2.24) is 24.8 Å². The second-order valence-corrected chi connectivity index (χ2v) is 4.25. The van der Waals surface area contributed by atoms with Gasteiger partial charge in [0.15, 0.2) is 0 Å². The molecular formula is C13H13N5O. The molecule has 0 aliphatic rings. The van der Waals surface area contributed by atoms with E-state index < -0.39 is 0 Å². The number of carbonyl (C=O) groups excluding carboxylic acids is 1. The highest BCUT2D eigenvalue weighted by molar-refractivity contribution is 5.89. The highest BCUT2D eigenvalue weighted by Crippen LogP contribution is 2.19. The maximum Gasteiger partial charge on any atom is 0.248 e. The molecule has 2 aromatic heterocycles. The molecule has 3 aromatic rings. The topological polar surface area (TPSA) is 65.6 Å². The largest absolute Gasteiger partial charge is 0.273 e. The van der Waals surface area contributed by atoms with E-state index in [0.717, 1.165) is 11.4 Å². The Bertz CT molecular complexity index is 741. The van der Waals surface area contributed by atoms with Crippen molar-refractivity contribution in [2.24, 2.45) is 0 Å². The van der Waals surface area contributed by atoms with Gasteiger partial charge in [-0.2, -0.15) is 9.78 Å². The van der Waals surface area contributed by atoms with E-state index in [1.165, 1.54) is 4.68 Å². The van der Waals surface area contributed by atoms with Crippen LogP contribution in [0.2, 0.25) is 0 Å². The molecule has 19 heavy (non-hydrogen) atoms. The third-order valence-corrected chi connectivity index (χ3v) is 2.99. The van der Waals surface area contributed by atoms with Gasteiger partial charge in [-0.1, -0.05) is 30.3 Å². The molecule has 0 aliphatic carbocycles. The fourth-order valence-electron chi connectivity index (χ4n) is 2.05. The van der Waals surface area contributed by atoms with E-state index in [4.69, 9.17) is 0 Å². The molecule has 0 bridgehead atoms. The van der Waals surface area contributed by atoms with Crippen LogP contribution >= 0.6 is 0 Å². The molecule has 2 heterocycles. The van der Waals surface area contributed by atoms with Gasteiger partial charge in [0.25, 0.3) is 0 Å². The molecule has 6 heteroatoms. The van der Waals surface area contributed by atoms with Crippen molar-refractivity contribution < 1.29 is 4.79 Å². The van der Waals surface area contributed by atoms with Gasteiger partial charge in [-0.15, -0.1) is 5.10 Å². The van der Waals surface area contributed by atoms with Crippen molar-refractivity contribution in [2.75, 3.05) is 0 Å². The number of fused-ring (bicyclic) bond motifs is 1. The molecule has 0 radical (unpaired) electrons. The predicted molar refractivity (Wildman–Crippen MR) is 70.3 cm³/mol. The summed E-state index contributed by atoms with van der Waals surface area (Å²) >= 11 is 0. The van der Waals surface area contributed by atoms with Gasteiger partial charge >= 0.3 is 0 Å². The summed E-state index contributed by atoms with van der Waals surface area (Å²) in [4.78, 5) is 11.8. The number of rotatable bonds is 2. The van der Waals surface area contributed by atoms with Crippen LogP contribution in [0, 0.1) is 6.92 Å². The Labute approximate surface area is 109 Å². The number of hydrogen-bond acceptors (Lipinski definition) is 4. The summed E-state index contributed by atoms with van der Waals surface area (Å²) in [6, 6.07) is 9.67. The van der Waals surface area contributed by atoms with Gasteiger partial charge in [0.1, 0.15) is 5.52 Å². The Hall–Kier alpha value is -2.50. The van der Waals surface area contributed by atoms with Crippen molar-refractivity contribution >= 4 is 17.1 Å². The molecular weight excluding hydrogens is 242 g/mol. The van der Waals surface area contributed by atoms with E-state index in [9.17, 15) is 4.79 Å². The van der Waals surface area contributed by atoms with E-state index >= 15 is 0 Å². The molecule has 0 atom stereocenters. The standard InChI is InChI=1S/C13H13N5O/c1-3-11(19)18-12-9(2)15-17(13(12)14-16-18)10-7-5-4-6-8-10/h4-8H,3H2,1-2H3. The number of para-hydroxylation sites is 1. The summed E-state index contributed by atoms with van der Waals surface area (Å²) in [6.07, 6.45) is 0.383. The van der Waals surface area contributed by atoms with Crippen LogP contribution in [0.3, 0.4) is 0 Å². The van der Waals surface area contributed by atoms with Gasteiger partial charge in [-0.25, -0.2) is 4.68 Å². The highest BCUT2D eigenvalue weighted by Gasteiger charge is 2.19. The Morgan fingerprint density at radius 2 is 2.00 bits per heavy atom. The minimum absolute atomic E-state index is 0.0850. The summed E-state index contributed by atoms with van der Waals surface area (Å²) in [5, 5.41) is 12.4. The van der Waals surface area contributed by atoms with Crippen molar-refractivity contribution in [3.05, 3.63) is 36.0 Å². The summed E-state index contributed by atoms with van der Waals surface area (Å²) in [5.74, 6) is -0.0850. The zero-order chi connectivity index (χ0) is 13.4. The van der Waals surface area contributed by atoms with Crippen LogP contribution in [-0.4, -0.2) is 30.7 Å². The van der Waals surface area contributed by atoms with Gasteiger partial charge in [0, 0.05) is 6.42 Å². The zero-order valence-corrected chi connectivity index (χ0v) is 10.7. The molecule has 0 N–H and O–H groups in total. The first-order valence-corrected chi connectivity index (χ1v) is 6.12. The number of carbonyl (C=O) groups is 1. The zero-order valence-electron chi connectivity index (χ0n) is 10.7. The molecule has 3 rings (SSSR count). The molecule has 6 nitrogen and oxygen atoms in total. The monoisotopic (exact) mass is 255 g/mol. The van der Waals surface area contributed by atoms with Gasteiger partial charge in [0.2, 0.25) is 11.6 Å². The Morgan fingerprint density at radius 1 is 1.26 bits per heavy atom. The summed E-state index contributed by atoms with van der Waals surface area (Å²) in [7, 11) is 0. The van der Waals surface area contributed by atoms with Crippen molar-refractivity contribution in [3.8, 4) is 5.69 Å². The average Bonchev–Trinajstić information content (AvgIpc) is 3.01. The predicted octanol–water partition coefficient (Wildman–Crippen LogP) is 1.98. The third kappa shape index (κ3) is 1.72. The lowest BCUT2D eigenvalue weighted by Gasteiger charge is -1.99. The minimum Gasteiger partial charge on any atom is -0.273 e. The number of benzene rings is 1. The van der Waals surface area contributed by atoms with Crippen molar-refractivity contribution in [3.63, 3.8) is 0 Å². The van der Waals surface area contributed by atoms with Gasteiger partial charge in [0.05, 0.1) is 11.4 Å². The minimum atomic E-state index is -0.0850. The highest BCUT2D eigenvalue weighted by atomic mass is 16.2. The Balaban J connectivity index is 2.25. The molecule has 1 aromatic carbocycles. The Kier molecular flexibility index (Phi) is 2.63. The quantitative estimate of drug-likeness (QED) is 0.702. The van der Waals surface area contributed by atoms with E-state index in [2.05, 4.69) is 15.4 Å². The van der Waals surface area contributed by atoms with E-state index in [1.807, 2.05) is 37.3 Å².